The standard InChI is InChI=1S/C36H38O16/c1-16-33(52-27(41)11-4-17-2-7-19(37)8-3-17)30(44)32(46)35(48-16)47-15-26-28(42)29(43)31(45)36(51-26)50-25-14-22-23(40)12-21(39)13-24(22)49-34(25)18-5-9-20(38)10-6-18/h2-14,16,26,28-40,42-46H,15H2,1H3/b11-4+/t16-,26+,28+,29+,30+,31+,32+,33-,34?,35+,36+/m0/s1. The van der Waals surface area contributed by atoms with Gasteiger partial charge in [0.2, 0.25) is 6.29 Å². The van der Waals surface area contributed by atoms with Crippen LogP contribution < -0.4 is 4.74 Å². The number of ether oxygens (including phenoxy) is 6. The van der Waals surface area contributed by atoms with Crippen LogP contribution in [0.25, 0.3) is 12.2 Å². The largest absolute Gasteiger partial charge is 0.508 e. The van der Waals surface area contributed by atoms with Gasteiger partial charge in [0.05, 0.1) is 18.3 Å². The molecule has 16 nitrogen and oxygen atoms in total. The Balaban J connectivity index is 1.12. The van der Waals surface area contributed by atoms with E-state index in [0.29, 0.717) is 11.1 Å². The molecule has 3 aromatic carbocycles. The van der Waals surface area contributed by atoms with Crippen molar-refractivity contribution in [1.29, 1.82) is 0 Å². The van der Waals surface area contributed by atoms with Crippen LogP contribution in [0.5, 0.6) is 28.7 Å². The van der Waals surface area contributed by atoms with Crippen molar-refractivity contribution in [3.63, 3.8) is 0 Å². The van der Waals surface area contributed by atoms with Crippen molar-refractivity contribution < 1.29 is 79.2 Å². The highest BCUT2D eigenvalue weighted by molar-refractivity contribution is 5.87. The number of hydrogen-bond donors (Lipinski definition) is 9. The Kier molecular flexibility index (Phi) is 10.9. The lowest BCUT2D eigenvalue weighted by atomic mass is 9.98. The van der Waals surface area contributed by atoms with Crippen LogP contribution in [0.15, 0.2) is 72.5 Å². The molecule has 0 spiro atoms. The van der Waals surface area contributed by atoms with Gasteiger partial charge in [-0.1, -0.05) is 24.3 Å². The zero-order chi connectivity index (χ0) is 37.3. The zero-order valence-electron chi connectivity index (χ0n) is 27.4. The quantitative estimate of drug-likeness (QED) is 0.110. The maximum atomic E-state index is 12.5. The summed E-state index contributed by atoms with van der Waals surface area (Å²) in [5, 5.41) is 93.6. The number of phenols is 4. The Morgan fingerprint density at radius 3 is 2.12 bits per heavy atom. The molecule has 3 aliphatic rings. The summed E-state index contributed by atoms with van der Waals surface area (Å²) in [6, 6.07) is 14.2. The molecule has 0 amide bonds. The molecule has 16 heteroatoms. The monoisotopic (exact) mass is 726 g/mol. The predicted octanol–water partition coefficient (Wildman–Crippen LogP) is 0.916. The molecule has 3 aliphatic heterocycles. The van der Waals surface area contributed by atoms with Crippen LogP contribution in [0, 0.1) is 0 Å². The fourth-order valence-electron chi connectivity index (χ4n) is 5.92. The van der Waals surface area contributed by atoms with E-state index < -0.39 is 80.1 Å². The number of rotatable bonds is 9. The number of benzene rings is 3. The van der Waals surface area contributed by atoms with Crippen LogP contribution in [0.2, 0.25) is 0 Å². The van der Waals surface area contributed by atoms with Gasteiger partial charge in [0.25, 0.3) is 0 Å². The summed E-state index contributed by atoms with van der Waals surface area (Å²) in [6.07, 6.45) is -12.7. The molecular formula is C36H38O16. The Bertz CT molecular complexity index is 1780. The molecule has 0 radical (unpaired) electrons. The van der Waals surface area contributed by atoms with Crippen molar-refractivity contribution >= 4 is 18.1 Å². The molecule has 2 saturated heterocycles. The van der Waals surface area contributed by atoms with Crippen molar-refractivity contribution in [1.82, 2.24) is 0 Å². The molecule has 0 aliphatic carbocycles. The first-order valence-electron chi connectivity index (χ1n) is 16.2. The number of esters is 1. The first-order valence-corrected chi connectivity index (χ1v) is 16.2. The number of hydrogen-bond acceptors (Lipinski definition) is 16. The molecule has 2 fully saturated rings. The summed E-state index contributed by atoms with van der Waals surface area (Å²) in [4.78, 5) is 12.5. The highest BCUT2D eigenvalue weighted by Crippen LogP contribution is 2.44. The molecule has 0 bridgehead atoms. The number of aliphatic hydroxyl groups is 5. The van der Waals surface area contributed by atoms with E-state index >= 15 is 0 Å². The molecule has 52 heavy (non-hydrogen) atoms. The van der Waals surface area contributed by atoms with Crippen molar-refractivity contribution in [2.75, 3.05) is 6.61 Å². The van der Waals surface area contributed by atoms with E-state index in [4.69, 9.17) is 28.4 Å². The van der Waals surface area contributed by atoms with Crippen molar-refractivity contribution in [2.24, 2.45) is 0 Å². The molecule has 11 atom stereocenters. The first-order chi connectivity index (χ1) is 24.8. The topological polar surface area (TPSA) is 255 Å². The predicted molar refractivity (Wildman–Crippen MR) is 176 cm³/mol. The second-order valence-corrected chi connectivity index (χ2v) is 12.5. The fourth-order valence-corrected chi connectivity index (χ4v) is 5.92. The summed E-state index contributed by atoms with van der Waals surface area (Å²) in [6.45, 7) is 0.927. The van der Waals surface area contributed by atoms with E-state index in [9.17, 15) is 50.8 Å². The second-order valence-electron chi connectivity index (χ2n) is 12.5. The van der Waals surface area contributed by atoms with Gasteiger partial charge in [-0.2, -0.15) is 0 Å². The van der Waals surface area contributed by atoms with Crippen molar-refractivity contribution in [2.45, 2.75) is 74.4 Å². The van der Waals surface area contributed by atoms with Crippen LogP contribution in [-0.4, -0.2) is 120 Å². The minimum atomic E-state index is -1.82. The van der Waals surface area contributed by atoms with Crippen molar-refractivity contribution in [3.8, 4) is 28.7 Å². The SMILES string of the molecule is C[C@@H]1O[C@@H](OC[C@H]2O[C@@H](OC3=Cc4c(O)cc(O)cc4OC3c3ccc(O)cc3)[C@H](O)[C@H](O)[C@@H]2O)[C@H](O)[C@@H](O)[C@H]1OC(=O)/C=C/c1ccc(O)cc1. The van der Waals surface area contributed by atoms with Gasteiger partial charge in [-0.05, 0) is 48.9 Å². The van der Waals surface area contributed by atoms with Gasteiger partial charge in [0.15, 0.2) is 18.5 Å². The van der Waals surface area contributed by atoms with E-state index in [0.717, 1.165) is 12.1 Å². The number of fused-ring (bicyclic) bond motifs is 1. The van der Waals surface area contributed by atoms with E-state index in [-0.39, 0.29) is 40.1 Å². The van der Waals surface area contributed by atoms with E-state index in [1.54, 1.807) is 12.1 Å². The van der Waals surface area contributed by atoms with Gasteiger partial charge < -0.3 is 74.4 Å². The highest BCUT2D eigenvalue weighted by atomic mass is 16.7. The number of aliphatic hydroxyl groups excluding tert-OH is 5. The van der Waals surface area contributed by atoms with Crippen LogP contribution in [0.3, 0.4) is 0 Å². The van der Waals surface area contributed by atoms with Gasteiger partial charge in [-0.25, -0.2) is 4.79 Å². The van der Waals surface area contributed by atoms with Crippen molar-refractivity contribution in [3.05, 3.63) is 89.2 Å². The summed E-state index contributed by atoms with van der Waals surface area (Å²) in [7, 11) is 0. The van der Waals surface area contributed by atoms with Gasteiger partial charge in [-0.3, -0.25) is 0 Å². The lowest BCUT2D eigenvalue weighted by Crippen LogP contribution is -2.61. The third-order valence-corrected chi connectivity index (χ3v) is 8.77. The summed E-state index contributed by atoms with van der Waals surface area (Å²) in [5.41, 5.74) is 1.18. The van der Waals surface area contributed by atoms with E-state index in [2.05, 4.69) is 0 Å². The number of phenolic OH excluding ortho intramolecular Hbond substituents is 4. The lowest BCUT2D eigenvalue weighted by Gasteiger charge is -2.43. The summed E-state index contributed by atoms with van der Waals surface area (Å²) < 4.78 is 34.5. The van der Waals surface area contributed by atoms with Gasteiger partial charge in [-0.15, -0.1) is 0 Å². The minimum Gasteiger partial charge on any atom is -0.508 e. The third-order valence-electron chi connectivity index (χ3n) is 8.77. The van der Waals surface area contributed by atoms with Crippen LogP contribution in [0.1, 0.15) is 29.7 Å². The molecule has 9 N–H and O–H groups in total. The zero-order valence-corrected chi connectivity index (χ0v) is 27.4. The Morgan fingerprint density at radius 1 is 0.769 bits per heavy atom. The Morgan fingerprint density at radius 2 is 1.42 bits per heavy atom. The smallest absolute Gasteiger partial charge is 0.331 e. The normalized spacial score (nSPS) is 31.7. The molecule has 6 rings (SSSR count). The van der Waals surface area contributed by atoms with Gasteiger partial charge in [0, 0.05) is 23.8 Å². The average Bonchev–Trinajstić information content (AvgIpc) is 3.11. The molecule has 0 saturated carbocycles. The molecular weight excluding hydrogens is 688 g/mol. The third kappa shape index (κ3) is 7.94. The Hall–Kier alpha value is -4.91. The minimum absolute atomic E-state index is 0.0204. The van der Waals surface area contributed by atoms with Gasteiger partial charge >= 0.3 is 5.97 Å². The average molecular weight is 727 g/mol. The summed E-state index contributed by atoms with van der Waals surface area (Å²) >= 11 is 0. The van der Waals surface area contributed by atoms with E-state index in [1.165, 1.54) is 61.5 Å². The van der Waals surface area contributed by atoms with Crippen LogP contribution in [0.4, 0.5) is 0 Å². The second kappa shape index (κ2) is 15.4. The van der Waals surface area contributed by atoms with E-state index in [1.807, 2.05) is 0 Å². The molecule has 1 unspecified atom stereocenters. The summed E-state index contributed by atoms with van der Waals surface area (Å²) in [5.74, 6) is -1.35. The maximum Gasteiger partial charge on any atom is 0.331 e. The molecule has 3 aromatic rings. The van der Waals surface area contributed by atoms with Gasteiger partial charge in [0.1, 0.15) is 71.1 Å². The number of carbonyl (C=O) groups is 1. The Labute approximate surface area is 296 Å². The number of carbonyl (C=O) groups excluding carboxylic acids is 1. The maximum absolute atomic E-state index is 12.5. The first kappa shape index (κ1) is 36.9. The highest BCUT2D eigenvalue weighted by Gasteiger charge is 2.49. The van der Waals surface area contributed by atoms with Crippen LogP contribution >= 0.6 is 0 Å². The molecule has 278 valence electrons. The fraction of sp³-hybridized carbons (Fsp3) is 0.361. The number of aromatic hydroxyl groups is 4. The molecule has 3 heterocycles. The molecule has 0 aromatic heterocycles. The van der Waals surface area contributed by atoms with Crippen LogP contribution in [-0.2, 0) is 28.5 Å². The lowest BCUT2D eigenvalue weighted by molar-refractivity contribution is -0.325.